The zero-order chi connectivity index (χ0) is 13.1. The average Bonchev–Trinajstić information content (AvgIpc) is 2.36. The van der Waals surface area contributed by atoms with E-state index in [-0.39, 0.29) is 0 Å². The van der Waals surface area contributed by atoms with E-state index in [0.29, 0.717) is 23.3 Å². The van der Waals surface area contributed by atoms with Gasteiger partial charge in [0, 0.05) is 4.47 Å². The van der Waals surface area contributed by atoms with Gasteiger partial charge in [0.25, 0.3) is 0 Å². The van der Waals surface area contributed by atoms with Crippen LogP contribution in [0.15, 0.2) is 28.7 Å². The molecule has 5 nitrogen and oxygen atoms in total. The standard InChI is InChI=1S/C12H13BrN4O/c1-7-11(17-14)15-8(2)16-12(7)18-10-5-3-9(13)4-6-10/h3-6H,14H2,1-2H3,(H,15,16,17). The van der Waals surface area contributed by atoms with Crippen molar-refractivity contribution in [1.82, 2.24) is 9.97 Å². The summed E-state index contributed by atoms with van der Waals surface area (Å²) in [7, 11) is 0. The summed E-state index contributed by atoms with van der Waals surface area (Å²) >= 11 is 3.37. The van der Waals surface area contributed by atoms with E-state index in [0.717, 1.165) is 10.0 Å². The fraction of sp³-hybridized carbons (Fsp3) is 0.167. The molecular weight excluding hydrogens is 296 g/mol. The predicted molar refractivity (Wildman–Crippen MR) is 73.5 cm³/mol. The van der Waals surface area contributed by atoms with Crippen LogP contribution in [-0.2, 0) is 0 Å². The molecule has 0 atom stereocenters. The Morgan fingerprint density at radius 2 is 1.83 bits per heavy atom. The molecule has 1 aromatic carbocycles. The molecule has 0 bridgehead atoms. The number of nitrogen functional groups attached to an aromatic ring is 1. The molecule has 0 saturated carbocycles. The van der Waals surface area contributed by atoms with E-state index >= 15 is 0 Å². The SMILES string of the molecule is Cc1nc(NN)c(C)c(Oc2ccc(Br)cc2)n1. The van der Waals surface area contributed by atoms with Gasteiger partial charge in [-0.1, -0.05) is 15.9 Å². The van der Waals surface area contributed by atoms with E-state index in [4.69, 9.17) is 10.6 Å². The number of halogens is 1. The Labute approximate surface area is 113 Å². The third-order valence-corrected chi connectivity index (χ3v) is 2.91. The minimum Gasteiger partial charge on any atom is -0.439 e. The summed E-state index contributed by atoms with van der Waals surface area (Å²) in [6, 6.07) is 7.52. The average molecular weight is 309 g/mol. The minimum atomic E-state index is 0.498. The summed E-state index contributed by atoms with van der Waals surface area (Å²) < 4.78 is 6.72. The molecule has 1 aromatic heterocycles. The highest BCUT2D eigenvalue weighted by Gasteiger charge is 2.10. The summed E-state index contributed by atoms with van der Waals surface area (Å²) in [6.07, 6.45) is 0. The molecule has 0 aliphatic heterocycles. The van der Waals surface area contributed by atoms with Crippen molar-refractivity contribution in [3.63, 3.8) is 0 Å². The van der Waals surface area contributed by atoms with Gasteiger partial charge in [-0.25, -0.2) is 10.8 Å². The van der Waals surface area contributed by atoms with Crippen molar-refractivity contribution in [2.45, 2.75) is 13.8 Å². The number of hydrogen-bond acceptors (Lipinski definition) is 5. The highest BCUT2D eigenvalue weighted by Crippen LogP contribution is 2.27. The second kappa shape index (κ2) is 5.32. The van der Waals surface area contributed by atoms with Crippen molar-refractivity contribution in [3.8, 4) is 11.6 Å². The van der Waals surface area contributed by atoms with Crippen LogP contribution in [0.4, 0.5) is 5.82 Å². The first kappa shape index (κ1) is 12.8. The summed E-state index contributed by atoms with van der Waals surface area (Å²) in [5.74, 6) is 7.77. The molecule has 2 rings (SSSR count). The Balaban J connectivity index is 2.34. The van der Waals surface area contributed by atoms with Gasteiger partial charge in [0.2, 0.25) is 5.88 Å². The zero-order valence-corrected chi connectivity index (χ0v) is 11.7. The summed E-state index contributed by atoms with van der Waals surface area (Å²) in [5, 5.41) is 0. The maximum atomic E-state index is 5.72. The lowest BCUT2D eigenvalue weighted by atomic mass is 10.3. The van der Waals surface area contributed by atoms with E-state index < -0.39 is 0 Å². The molecule has 94 valence electrons. The van der Waals surface area contributed by atoms with Crippen molar-refractivity contribution < 1.29 is 4.74 Å². The van der Waals surface area contributed by atoms with Crippen molar-refractivity contribution in [3.05, 3.63) is 40.1 Å². The van der Waals surface area contributed by atoms with Gasteiger partial charge in [0.1, 0.15) is 17.4 Å². The Morgan fingerprint density at radius 3 is 2.44 bits per heavy atom. The molecule has 6 heteroatoms. The Morgan fingerprint density at radius 1 is 1.17 bits per heavy atom. The monoisotopic (exact) mass is 308 g/mol. The van der Waals surface area contributed by atoms with E-state index in [9.17, 15) is 0 Å². The number of hydrazine groups is 1. The number of nitrogens with two attached hydrogens (primary N) is 1. The van der Waals surface area contributed by atoms with E-state index in [1.54, 1.807) is 6.92 Å². The van der Waals surface area contributed by atoms with Crippen molar-refractivity contribution in [2.75, 3.05) is 5.43 Å². The molecule has 0 aliphatic carbocycles. The number of anilines is 1. The van der Waals surface area contributed by atoms with Gasteiger partial charge in [0.05, 0.1) is 5.56 Å². The van der Waals surface area contributed by atoms with E-state index in [1.807, 2.05) is 31.2 Å². The molecular formula is C12H13BrN4O. The normalized spacial score (nSPS) is 10.2. The quantitative estimate of drug-likeness (QED) is 0.673. The largest absolute Gasteiger partial charge is 0.439 e. The summed E-state index contributed by atoms with van der Waals surface area (Å²) in [6.45, 7) is 3.64. The van der Waals surface area contributed by atoms with Gasteiger partial charge in [-0.05, 0) is 38.1 Å². The van der Waals surface area contributed by atoms with Crippen LogP contribution in [-0.4, -0.2) is 9.97 Å². The van der Waals surface area contributed by atoms with Gasteiger partial charge >= 0.3 is 0 Å². The first-order chi connectivity index (χ1) is 8.60. The molecule has 18 heavy (non-hydrogen) atoms. The Bertz CT molecular complexity index is 557. The van der Waals surface area contributed by atoms with Crippen LogP contribution in [0.3, 0.4) is 0 Å². The third kappa shape index (κ3) is 2.77. The number of nitrogens with one attached hydrogen (secondary N) is 1. The molecule has 0 spiro atoms. The van der Waals surface area contributed by atoms with Crippen molar-refractivity contribution >= 4 is 21.7 Å². The lowest BCUT2D eigenvalue weighted by Crippen LogP contribution is -2.12. The molecule has 0 amide bonds. The zero-order valence-electron chi connectivity index (χ0n) is 10.1. The highest BCUT2D eigenvalue weighted by molar-refractivity contribution is 9.10. The van der Waals surface area contributed by atoms with Gasteiger partial charge in [-0.3, -0.25) is 0 Å². The lowest BCUT2D eigenvalue weighted by molar-refractivity contribution is 0.456. The van der Waals surface area contributed by atoms with Crippen LogP contribution in [0, 0.1) is 13.8 Å². The molecule has 1 heterocycles. The van der Waals surface area contributed by atoms with E-state index in [2.05, 4.69) is 31.3 Å². The topological polar surface area (TPSA) is 73.1 Å². The van der Waals surface area contributed by atoms with Crippen LogP contribution in [0.1, 0.15) is 11.4 Å². The molecule has 0 fully saturated rings. The number of nitrogens with zero attached hydrogens (tertiary/aromatic N) is 2. The van der Waals surface area contributed by atoms with Crippen molar-refractivity contribution in [1.29, 1.82) is 0 Å². The lowest BCUT2D eigenvalue weighted by Gasteiger charge is -2.11. The summed E-state index contributed by atoms with van der Waals surface area (Å²) in [5.41, 5.74) is 3.30. The fourth-order valence-corrected chi connectivity index (χ4v) is 1.72. The molecule has 3 N–H and O–H groups in total. The molecule has 0 saturated heterocycles. The summed E-state index contributed by atoms with van der Waals surface area (Å²) in [4.78, 5) is 8.43. The number of rotatable bonds is 3. The van der Waals surface area contributed by atoms with Crippen LogP contribution in [0.5, 0.6) is 11.6 Å². The molecule has 0 aliphatic rings. The van der Waals surface area contributed by atoms with Gasteiger partial charge in [0.15, 0.2) is 0 Å². The maximum absolute atomic E-state index is 5.72. The van der Waals surface area contributed by atoms with Gasteiger partial charge in [-0.2, -0.15) is 4.98 Å². The van der Waals surface area contributed by atoms with Crippen LogP contribution >= 0.6 is 15.9 Å². The smallest absolute Gasteiger partial charge is 0.227 e. The number of hydrogen-bond donors (Lipinski definition) is 2. The number of aryl methyl sites for hydroxylation is 1. The highest BCUT2D eigenvalue weighted by atomic mass is 79.9. The second-order valence-electron chi connectivity index (χ2n) is 3.75. The second-order valence-corrected chi connectivity index (χ2v) is 4.67. The predicted octanol–water partition coefficient (Wildman–Crippen LogP) is 2.93. The third-order valence-electron chi connectivity index (χ3n) is 2.38. The first-order valence-electron chi connectivity index (χ1n) is 5.35. The Kier molecular flexibility index (Phi) is 3.78. The number of benzene rings is 1. The number of aromatic nitrogens is 2. The number of ether oxygens (including phenoxy) is 1. The molecule has 0 radical (unpaired) electrons. The van der Waals surface area contributed by atoms with Crippen LogP contribution in [0.2, 0.25) is 0 Å². The van der Waals surface area contributed by atoms with Crippen LogP contribution in [0.25, 0.3) is 0 Å². The van der Waals surface area contributed by atoms with Crippen molar-refractivity contribution in [2.24, 2.45) is 5.84 Å². The van der Waals surface area contributed by atoms with Gasteiger partial charge in [-0.15, -0.1) is 0 Å². The molecule has 2 aromatic rings. The molecule has 0 unspecified atom stereocenters. The first-order valence-corrected chi connectivity index (χ1v) is 6.14. The maximum Gasteiger partial charge on any atom is 0.227 e. The van der Waals surface area contributed by atoms with E-state index in [1.165, 1.54) is 0 Å². The van der Waals surface area contributed by atoms with Crippen LogP contribution < -0.4 is 16.0 Å². The minimum absolute atomic E-state index is 0.498. The fourth-order valence-electron chi connectivity index (χ4n) is 1.46. The van der Waals surface area contributed by atoms with Gasteiger partial charge < -0.3 is 10.2 Å². The Hall–Kier alpha value is -1.66.